The Morgan fingerprint density at radius 1 is 1.09 bits per heavy atom. The van der Waals surface area contributed by atoms with Gasteiger partial charge in [0.2, 0.25) is 10.0 Å². The van der Waals surface area contributed by atoms with E-state index in [0.717, 1.165) is 5.56 Å². The highest BCUT2D eigenvalue weighted by molar-refractivity contribution is 7.89. The van der Waals surface area contributed by atoms with E-state index in [1.807, 2.05) is 37.3 Å². The molecule has 1 aliphatic heterocycles. The minimum absolute atomic E-state index is 0.0674. The summed E-state index contributed by atoms with van der Waals surface area (Å²) in [5.41, 5.74) is 0.248. The second kappa shape index (κ2) is 4.89. The molecule has 0 saturated carbocycles. The van der Waals surface area contributed by atoms with Gasteiger partial charge in [-0.3, -0.25) is 10.1 Å². The van der Waals surface area contributed by atoms with Gasteiger partial charge >= 0.3 is 0 Å². The molecule has 114 valence electrons. The summed E-state index contributed by atoms with van der Waals surface area (Å²) in [6, 6.07) is 14.4. The van der Waals surface area contributed by atoms with Crippen LogP contribution in [0.25, 0.3) is 0 Å². The molecule has 1 heterocycles. The van der Waals surface area contributed by atoms with Gasteiger partial charge in [-0.05, 0) is 24.6 Å². The van der Waals surface area contributed by atoms with Gasteiger partial charge in [-0.2, -0.15) is 4.31 Å². The zero-order valence-electron chi connectivity index (χ0n) is 11.8. The Morgan fingerprint density at radius 2 is 1.68 bits per heavy atom. The van der Waals surface area contributed by atoms with E-state index in [1.54, 1.807) is 0 Å². The van der Waals surface area contributed by atoms with Crippen LogP contribution in [0.15, 0.2) is 59.5 Å². The van der Waals surface area contributed by atoms with Crippen LogP contribution in [0.4, 0.5) is 5.69 Å². The molecular weight excluding hydrogens is 304 g/mol. The molecule has 1 saturated heterocycles. The third-order valence-electron chi connectivity index (χ3n) is 3.93. The SMILES string of the molecule is CC1(c2ccccc2)CN1S(=O)(=O)c1ccc([N+](=O)[O-])cc1. The summed E-state index contributed by atoms with van der Waals surface area (Å²) in [6.07, 6.45) is 0. The average Bonchev–Trinajstić information content (AvgIpc) is 3.23. The Morgan fingerprint density at radius 3 is 2.23 bits per heavy atom. The van der Waals surface area contributed by atoms with Crippen LogP contribution in [0, 0.1) is 10.1 Å². The number of rotatable bonds is 4. The fraction of sp³-hybridized carbons (Fsp3) is 0.200. The lowest BCUT2D eigenvalue weighted by Gasteiger charge is -2.13. The van der Waals surface area contributed by atoms with Gasteiger partial charge in [0.1, 0.15) is 0 Å². The molecule has 2 aromatic carbocycles. The molecule has 1 aliphatic rings. The lowest BCUT2D eigenvalue weighted by molar-refractivity contribution is -0.384. The molecule has 0 aliphatic carbocycles. The van der Waals surface area contributed by atoms with Gasteiger partial charge in [-0.15, -0.1) is 0 Å². The molecule has 1 fully saturated rings. The van der Waals surface area contributed by atoms with Crippen molar-refractivity contribution in [3.63, 3.8) is 0 Å². The smallest absolute Gasteiger partial charge is 0.258 e. The van der Waals surface area contributed by atoms with Crippen LogP contribution in [0.1, 0.15) is 12.5 Å². The fourth-order valence-electron chi connectivity index (χ4n) is 2.49. The van der Waals surface area contributed by atoms with Gasteiger partial charge in [-0.25, -0.2) is 8.42 Å². The van der Waals surface area contributed by atoms with Gasteiger partial charge in [-0.1, -0.05) is 30.3 Å². The van der Waals surface area contributed by atoms with Crippen molar-refractivity contribution in [2.24, 2.45) is 0 Å². The molecule has 0 radical (unpaired) electrons. The summed E-state index contributed by atoms with van der Waals surface area (Å²) >= 11 is 0. The van der Waals surface area contributed by atoms with Crippen LogP contribution >= 0.6 is 0 Å². The number of hydrogen-bond acceptors (Lipinski definition) is 4. The molecule has 3 rings (SSSR count). The highest BCUT2D eigenvalue weighted by atomic mass is 32.2. The highest BCUT2D eigenvalue weighted by Gasteiger charge is 2.56. The van der Waals surface area contributed by atoms with Crippen LogP contribution in [0.3, 0.4) is 0 Å². The lowest BCUT2D eigenvalue weighted by atomic mass is 10.0. The van der Waals surface area contributed by atoms with Crippen molar-refractivity contribution in [2.75, 3.05) is 6.54 Å². The monoisotopic (exact) mass is 318 g/mol. The number of nitrogens with zero attached hydrogens (tertiary/aromatic N) is 2. The summed E-state index contributed by atoms with van der Waals surface area (Å²) in [5.74, 6) is 0. The lowest BCUT2D eigenvalue weighted by Crippen LogP contribution is -2.19. The number of nitro benzene ring substituents is 1. The largest absolute Gasteiger partial charge is 0.269 e. The maximum Gasteiger partial charge on any atom is 0.269 e. The van der Waals surface area contributed by atoms with Crippen LogP contribution in [0.5, 0.6) is 0 Å². The first-order valence-corrected chi connectivity index (χ1v) is 8.12. The summed E-state index contributed by atoms with van der Waals surface area (Å²) < 4.78 is 26.6. The molecule has 0 spiro atoms. The van der Waals surface area contributed by atoms with Crippen molar-refractivity contribution < 1.29 is 13.3 Å². The van der Waals surface area contributed by atoms with E-state index in [2.05, 4.69) is 0 Å². The molecular formula is C15H14N2O4S. The molecule has 6 nitrogen and oxygen atoms in total. The van der Waals surface area contributed by atoms with Crippen LogP contribution in [0.2, 0.25) is 0 Å². The first-order valence-electron chi connectivity index (χ1n) is 6.68. The summed E-state index contributed by atoms with van der Waals surface area (Å²) in [4.78, 5) is 10.2. The molecule has 7 heteroatoms. The predicted molar refractivity (Wildman–Crippen MR) is 80.8 cm³/mol. The third kappa shape index (κ3) is 2.28. The summed E-state index contributed by atoms with van der Waals surface area (Å²) in [7, 11) is -3.65. The van der Waals surface area contributed by atoms with Gasteiger partial charge in [0.15, 0.2) is 0 Å². The molecule has 0 N–H and O–H groups in total. The van der Waals surface area contributed by atoms with E-state index in [9.17, 15) is 18.5 Å². The van der Waals surface area contributed by atoms with Crippen molar-refractivity contribution in [2.45, 2.75) is 17.4 Å². The quantitative estimate of drug-likeness (QED) is 0.493. The standard InChI is InChI=1S/C15H14N2O4S/c1-15(12-5-3-2-4-6-12)11-16(15)22(20,21)14-9-7-13(8-10-14)17(18)19/h2-10H,11H2,1H3. The molecule has 2 unspecified atom stereocenters. The van der Waals surface area contributed by atoms with Gasteiger partial charge < -0.3 is 0 Å². The maximum atomic E-state index is 12.6. The minimum Gasteiger partial charge on any atom is -0.258 e. The topological polar surface area (TPSA) is 80.3 Å². The van der Waals surface area contributed by atoms with Crippen molar-refractivity contribution in [1.82, 2.24) is 4.31 Å². The molecule has 22 heavy (non-hydrogen) atoms. The normalized spacial score (nSPS) is 24.0. The Bertz CT molecular complexity index is 818. The van der Waals surface area contributed by atoms with Gasteiger partial charge in [0.25, 0.3) is 5.69 Å². The summed E-state index contributed by atoms with van der Waals surface area (Å²) in [5, 5.41) is 10.6. The third-order valence-corrected chi connectivity index (χ3v) is 5.91. The van der Waals surface area contributed by atoms with Gasteiger partial charge in [0.05, 0.1) is 15.4 Å². The van der Waals surface area contributed by atoms with Crippen molar-refractivity contribution >= 4 is 15.7 Å². The predicted octanol–water partition coefficient (Wildman–Crippen LogP) is 2.51. The van der Waals surface area contributed by atoms with E-state index in [1.165, 1.54) is 28.6 Å². The number of hydrogen-bond donors (Lipinski definition) is 0. The van der Waals surface area contributed by atoms with Crippen molar-refractivity contribution in [1.29, 1.82) is 0 Å². The Labute approximate surface area is 128 Å². The first kappa shape index (κ1) is 14.7. The average molecular weight is 318 g/mol. The Kier molecular flexibility index (Phi) is 3.26. The Balaban J connectivity index is 1.91. The zero-order chi connectivity index (χ0) is 16.0. The molecule has 0 aromatic heterocycles. The number of non-ortho nitro benzene ring substituents is 1. The molecule has 2 atom stereocenters. The van der Waals surface area contributed by atoms with Crippen LogP contribution in [-0.2, 0) is 15.6 Å². The van der Waals surface area contributed by atoms with E-state index >= 15 is 0 Å². The van der Waals surface area contributed by atoms with E-state index in [4.69, 9.17) is 0 Å². The zero-order valence-corrected chi connectivity index (χ0v) is 12.7. The number of sulfonamides is 1. The van der Waals surface area contributed by atoms with Crippen molar-refractivity contribution in [3.8, 4) is 0 Å². The second-order valence-corrected chi connectivity index (χ2v) is 7.26. The highest BCUT2D eigenvalue weighted by Crippen LogP contribution is 2.46. The van der Waals surface area contributed by atoms with Crippen molar-refractivity contribution in [3.05, 3.63) is 70.3 Å². The van der Waals surface area contributed by atoms with E-state index in [-0.39, 0.29) is 10.6 Å². The minimum atomic E-state index is -3.65. The summed E-state index contributed by atoms with van der Waals surface area (Å²) in [6.45, 7) is 2.27. The number of benzene rings is 2. The van der Waals surface area contributed by atoms with Gasteiger partial charge in [0, 0.05) is 18.7 Å². The Hall–Kier alpha value is -2.25. The molecule has 0 bridgehead atoms. The molecule has 2 aromatic rings. The van der Waals surface area contributed by atoms with E-state index in [0.29, 0.717) is 6.54 Å². The second-order valence-electron chi connectivity index (χ2n) is 5.40. The van der Waals surface area contributed by atoms with Crippen LogP contribution in [-0.4, -0.2) is 24.2 Å². The van der Waals surface area contributed by atoms with E-state index < -0.39 is 20.5 Å². The molecule has 0 amide bonds. The number of nitro groups is 1. The van der Waals surface area contributed by atoms with Crippen LogP contribution < -0.4 is 0 Å². The fourth-order valence-corrected chi connectivity index (χ4v) is 4.29. The maximum absolute atomic E-state index is 12.6. The first-order chi connectivity index (χ1) is 10.4.